The fourth-order valence-electron chi connectivity index (χ4n) is 1.75. The quantitative estimate of drug-likeness (QED) is 0.911. The molecule has 2 N–H and O–H groups in total. The molecule has 19 heavy (non-hydrogen) atoms. The molecule has 100 valence electrons. The summed E-state index contributed by atoms with van der Waals surface area (Å²) in [4.78, 5) is 0. The van der Waals surface area contributed by atoms with Gasteiger partial charge in [-0.1, -0.05) is 18.2 Å². The number of rotatable bonds is 5. The molecule has 0 aromatic heterocycles. The highest BCUT2D eigenvalue weighted by Gasteiger charge is 2.02. The van der Waals surface area contributed by atoms with Crippen LogP contribution in [0, 0.1) is 5.82 Å². The van der Waals surface area contributed by atoms with Gasteiger partial charge in [-0.3, -0.25) is 0 Å². The van der Waals surface area contributed by atoms with Gasteiger partial charge in [-0.2, -0.15) is 0 Å². The first-order valence-corrected chi connectivity index (χ1v) is 6.84. The Balaban J connectivity index is 2.01. The van der Waals surface area contributed by atoms with Gasteiger partial charge in [-0.25, -0.2) is 4.39 Å². The Morgan fingerprint density at radius 3 is 2.68 bits per heavy atom. The normalized spacial score (nSPS) is 10.5. The van der Waals surface area contributed by atoms with Crippen molar-refractivity contribution >= 4 is 15.9 Å². The van der Waals surface area contributed by atoms with Crippen LogP contribution in [0.3, 0.4) is 0 Å². The second-order valence-electron chi connectivity index (χ2n) is 4.22. The summed E-state index contributed by atoms with van der Waals surface area (Å²) in [5, 5.41) is 0. The summed E-state index contributed by atoms with van der Waals surface area (Å²) in [5.74, 6) is 0.528. The molecule has 0 aliphatic heterocycles. The van der Waals surface area contributed by atoms with Gasteiger partial charge in [-0.15, -0.1) is 0 Å². The zero-order valence-electron chi connectivity index (χ0n) is 10.4. The van der Waals surface area contributed by atoms with Gasteiger partial charge >= 0.3 is 0 Å². The minimum atomic E-state index is -0.270. The summed E-state index contributed by atoms with van der Waals surface area (Å²) in [6.07, 6.45) is 0.833. The number of ether oxygens (including phenoxy) is 1. The number of halogens is 2. The van der Waals surface area contributed by atoms with E-state index in [9.17, 15) is 4.39 Å². The van der Waals surface area contributed by atoms with Gasteiger partial charge in [0.1, 0.15) is 18.2 Å². The third kappa shape index (κ3) is 4.04. The lowest BCUT2D eigenvalue weighted by Gasteiger charge is -2.08. The van der Waals surface area contributed by atoms with Crippen LogP contribution in [0.15, 0.2) is 46.9 Å². The molecule has 0 saturated carbocycles. The molecule has 0 spiro atoms. The molecule has 0 saturated heterocycles. The average Bonchev–Trinajstić information content (AvgIpc) is 2.41. The van der Waals surface area contributed by atoms with Gasteiger partial charge in [-0.05, 0) is 64.3 Å². The molecule has 0 bridgehead atoms. The monoisotopic (exact) mass is 323 g/mol. The zero-order valence-corrected chi connectivity index (χ0v) is 12.0. The van der Waals surface area contributed by atoms with Crippen LogP contribution in [0.1, 0.15) is 11.1 Å². The number of hydrogen-bond donors (Lipinski definition) is 1. The smallest absolute Gasteiger partial charge is 0.137 e. The van der Waals surface area contributed by atoms with Crippen LogP contribution in [0.4, 0.5) is 4.39 Å². The molecule has 0 amide bonds. The summed E-state index contributed by atoms with van der Waals surface area (Å²) < 4.78 is 19.2. The topological polar surface area (TPSA) is 35.2 Å². The number of hydrogen-bond acceptors (Lipinski definition) is 2. The largest absolute Gasteiger partial charge is 0.489 e. The van der Waals surface area contributed by atoms with Crippen molar-refractivity contribution in [2.24, 2.45) is 5.73 Å². The summed E-state index contributed by atoms with van der Waals surface area (Å²) in [7, 11) is 0. The lowest BCUT2D eigenvalue weighted by atomic mass is 10.1. The number of nitrogens with two attached hydrogens (primary N) is 1. The van der Waals surface area contributed by atoms with E-state index in [0.717, 1.165) is 23.3 Å². The van der Waals surface area contributed by atoms with E-state index in [2.05, 4.69) is 15.9 Å². The van der Waals surface area contributed by atoms with Crippen molar-refractivity contribution in [3.8, 4) is 5.75 Å². The Hall–Kier alpha value is -1.39. The van der Waals surface area contributed by atoms with Crippen LogP contribution in [0.2, 0.25) is 0 Å². The highest BCUT2D eigenvalue weighted by Crippen LogP contribution is 2.19. The second kappa shape index (κ2) is 6.68. The SMILES string of the molecule is NCCc1cccc(OCc2ccc(F)c(Br)c2)c1. The second-order valence-corrected chi connectivity index (χ2v) is 5.08. The summed E-state index contributed by atoms with van der Waals surface area (Å²) >= 11 is 3.16. The summed E-state index contributed by atoms with van der Waals surface area (Å²) in [5.41, 5.74) is 7.59. The lowest BCUT2D eigenvalue weighted by molar-refractivity contribution is 0.305. The fraction of sp³-hybridized carbons (Fsp3) is 0.200. The maximum Gasteiger partial charge on any atom is 0.137 e. The standard InChI is InChI=1S/C15H15BrFNO/c16-14-9-12(4-5-15(14)17)10-19-13-3-1-2-11(8-13)6-7-18/h1-5,8-9H,6-7,10,18H2. The van der Waals surface area contributed by atoms with E-state index < -0.39 is 0 Å². The molecule has 0 fully saturated rings. The molecule has 2 aromatic rings. The van der Waals surface area contributed by atoms with Crippen molar-refractivity contribution in [1.82, 2.24) is 0 Å². The molecule has 2 nitrogen and oxygen atoms in total. The molecular formula is C15H15BrFNO. The van der Waals surface area contributed by atoms with E-state index in [0.29, 0.717) is 17.6 Å². The van der Waals surface area contributed by atoms with Crippen molar-refractivity contribution in [3.05, 3.63) is 63.9 Å². The van der Waals surface area contributed by atoms with Gasteiger partial charge in [0.05, 0.1) is 4.47 Å². The molecule has 0 unspecified atom stereocenters. The minimum Gasteiger partial charge on any atom is -0.489 e. The third-order valence-corrected chi connectivity index (χ3v) is 3.33. The molecule has 0 aliphatic carbocycles. The zero-order chi connectivity index (χ0) is 13.7. The summed E-state index contributed by atoms with van der Waals surface area (Å²) in [6, 6.07) is 12.7. The molecule has 0 radical (unpaired) electrons. The number of benzene rings is 2. The van der Waals surface area contributed by atoms with Crippen LogP contribution in [-0.2, 0) is 13.0 Å². The highest BCUT2D eigenvalue weighted by molar-refractivity contribution is 9.10. The lowest BCUT2D eigenvalue weighted by Crippen LogP contribution is -2.03. The first kappa shape index (κ1) is 14.0. The molecule has 0 heterocycles. The van der Waals surface area contributed by atoms with E-state index in [1.165, 1.54) is 6.07 Å². The van der Waals surface area contributed by atoms with Crippen molar-refractivity contribution in [1.29, 1.82) is 0 Å². The Kier molecular flexibility index (Phi) is 4.93. The average molecular weight is 324 g/mol. The molecule has 0 atom stereocenters. The van der Waals surface area contributed by atoms with Crippen molar-refractivity contribution in [3.63, 3.8) is 0 Å². The maximum absolute atomic E-state index is 13.1. The fourth-order valence-corrected chi connectivity index (χ4v) is 2.18. The minimum absolute atomic E-state index is 0.270. The van der Waals surface area contributed by atoms with Gasteiger partial charge in [0.15, 0.2) is 0 Å². The van der Waals surface area contributed by atoms with E-state index in [1.54, 1.807) is 12.1 Å². The van der Waals surface area contributed by atoms with Gasteiger partial charge < -0.3 is 10.5 Å². The predicted octanol–water partition coefficient (Wildman–Crippen LogP) is 3.67. The van der Waals surface area contributed by atoms with Crippen LogP contribution >= 0.6 is 15.9 Å². The van der Waals surface area contributed by atoms with E-state index >= 15 is 0 Å². The van der Waals surface area contributed by atoms with E-state index in [4.69, 9.17) is 10.5 Å². The highest BCUT2D eigenvalue weighted by atomic mass is 79.9. The van der Waals surface area contributed by atoms with Crippen LogP contribution < -0.4 is 10.5 Å². The van der Waals surface area contributed by atoms with E-state index in [-0.39, 0.29) is 5.82 Å². The molecule has 2 aromatic carbocycles. The molecule has 0 aliphatic rings. The van der Waals surface area contributed by atoms with Crippen LogP contribution in [-0.4, -0.2) is 6.54 Å². The Morgan fingerprint density at radius 2 is 1.95 bits per heavy atom. The van der Waals surface area contributed by atoms with E-state index in [1.807, 2.05) is 24.3 Å². The predicted molar refractivity (Wildman–Crippen MR) is 77.6 cm³/mol. The van der Waals surface area contributed by atoms with Crippen LogP contribution in [0.5, 0.6) is 5.75 Å². The molecule has 2 rings (SSSR count). The Labute approximate surface area is 120 Å². The Bertz CT molecular complexity index is 560. The van der Waals surface area contributed by atoms with Gasteiger partial charge in [0.2, 0.25) is 0 Å². The first-order chi connectivity index (χ1) is 9.19. The van der Waals surface area contributed by atoms with Crippen LogP contribution in [0.25, 0.3) is 0 Å². The maximum atomic E-state index is 13.1. The van der Waals surface area contributed by atoms with Crippen molar-refractivity contribution in [2.45, 2.75) is 13.0 Å². The van der Waals surface area contributed by atoms with Gasteiger partial charge in [0, 0.05) is 0 Å². The molecule has 4 heteroatoms. The summed E-state index contributed by atoms with van der Waals surface area (Å²) in [6.45, 7) is 1.03. The third-order valence-electron chi connectivity index (χ3n) is 2.72. The van der Waals surface area contributed by atoms with Gasteiger partial charge in [0.25, 0.3) is 0 Å². The Morgan fingerprint density at radius 1 is 1.11 bits per heavy atom. The van der Waals surface area contributed by atoms with Crippen molar-refractivity contribution < 1.29 is 9.13 Å². The molecular weight excluding hydrogens is 309 g/mol. The van der Waals surface area contributed by atoms with Crippen molar-refractivity contribution in [2.75, 3.05) is 6.54 Å². The first-order valence-electron chi connectivity index (χ1n) is 6.05.